The predicted octanol–water partition coefficient (Wildman–Crippen LogP) is 2.41. The summed E-state index contributed by atoms with van der Waals surface area (Å²) in [5.74, 6) is 0. The highest BCUT2D eigenvalue weighted by atomic mass is 14.6. The summed E-state index contributed by atoms with van der Waals surface area (Å²) in [7, 11) is 0. The fourth-order valence-electron chi connectivity index (χ4n) is 1.13. The van der Waals surface area contributed by atoms with E-state index in [2.05, 4.69) is 44.2 Å². The highest BCUT2D eigenvalue weighted by Crippen LogP contribution is 2.23. The van der Waals surface area contributed by atoms with Gasteiger partial charge in [-0.15, -0.1) is 0 Å². The van der Waals surface area contributed by atoms with Crippen LogP contribution < -0.4 is 5.73 Å². The fourth-order valence-corrected chi connectivity index (χ4v) is 1.13. The first-order valence-corrected chi connectivity index (χ1v) is 4.35. The number of nitrogens with two attached hydrogens (primary N) is 1. The molecule has 0 aromatic carbocycles. The summed E-state index contributed by atoms with van der Waals surface area (Å²) in [6, 6.07) is 0.125. The van der Waals surface area contributed by atoms with Crippen LogP contribution in [0.15, 0.2) is 36.0 Å². The van der Waals surface area contributed by atoms with E-state index in [1.165, 1.54) is 5.57 Å². The highest BCUT2D eigenvalue weighted by Gasteiger charge is 2.11. The van der Waals surface area contributed by atoms with Crippen LogP contribution in [0.25, 0.3) is 0 Å². The standard InChI is InChI=1S/C11H17N/c1-9(12)10-5-4-7-11(2,3)8-6-10/h4-9H,12H2,1-3H3. The topological polar surface area (TPSA) is 26.0 Å². The fraction of sp³-hybridized carbons (Fsp3) is 0.455. The Kier molecular flexibility index (Phi) is 2.53. The van der Waals surface area contributed by atoms with E-state index in [0.29, 0.717) is 0 Å². The van der Waals surface area contributed by atoms with Crippen LogP contribution in [-0.2, 0) is 0 Å². The third-order valence-corrected chi connectivity index (χ3v) is 2.05. The van der Waals surface area contributed by atoms with Crippen molar-refractivity contribution in [1.82, 2.24) is 0 Å². The van der Waals surface area contributed by atoms with Gasteiger partial charge in [-0.05, 0) is 12.5 Å². The van der Waals surface area contributed by atoms with E-state index in [1.54, 1.807) is 0 Å². The lowest BCUT2D eigenvalue weighted by atomic mass is 9.93. The largest absolute Gasteiger partial charge is 0.324 e. The van der Waals surface area contributed by atoms with Crippen molar-refractivity contribution >= 4 is 0 Å². The summed E-state index contributed by atoms with van der Waals surface area (Å²) in [4.78, 5) is 0. The zero-order valence-electron chi connectivity index (χ0n) is 8.04. The molecule has 1 rings (SSSR count). The van der Waals surface area contributed by atoms with Crippen LogP contribution in [-0.4, -0.2) is 6.04 Å². The van der Waals surface area contributed by atoms with Gasteiger partial charge in [-0.2, -0.15) is 0 Å². The van der Waals surface area contributed by atoms with Crippen molar-refractivity contribution in [2.75, 3.05) is 0 Å². The Morgan fingerprint density at radius 2 is 2.00 bits per heavy atom. The van der Waals surface area contributed by atoms with Gasteiger partial charge in [0.1, 0.15) is 0 Å². The second-order valence-corrected chi connectivity index (χ2v) is 3.97. The molecule has 0 amide bonds. The van der Waals surface area contributed by atoms with E-state index < -0.39 is 0 Å². The third-order valence-electron chi connectivity index (χ3n) is 2.05. The van der Waals surface area contributed by atoms with Crippen LogP contribution in [0.1, 0.15) is 20.8 Å². The second kappa shape index (κ2) is 3.28. The lowest BCUT2D eigenvalue weighted by molar-refractivity contribution is 0.626. The summed E-state index contributed by atoms with van der Waals surface area (Å²) < 4.78 is 0. The molecule has 0 spiro atoms. The van der Waals surface area contributed by atoms with Gasteiger partial charge in [0.05, 0.1) is 0 Å². The molecule has 1 nitrogen and oxygen atoms in total. The minimum absolute atomic E-state index is 0.125. The van der Waals surface area contributed by atoms with Crippen molar-refractivity contribution in [3.63, 3.8) is 0 Å². The maximum absolute atomic E-state index is 5.77. The van der Waals surface area contributed by atoms with Crippen molar-refractivity contribution in [3.05, 3.63) is 36.0 Å². The van der Waals surface area contributed by atoms with Gasteiger partial charge in [0.2, 0.25) is 0 Å². The van der Waals surface area contributed by atoms with Crippen molar-refractivity contribution in [2.45, 2.75) is 26.8 Å². The summed E-state index contributed by atoms with van der Waals surface area (Å²) in [5, 5.41) is 0. The Morgan fingerprint density at radius 3 is 2.58 bits per heavy atom. The van der Waals surface area contributed by atoms with E-state index in [1.807, 2.05) is 6.92 Å². The van der Waals surface area contributed by atoms with Crippen molar-refractivity contribution in [1.29, 1.82) is 0 Å². The molecule has 66 valence electrons. The van der Waals surface area contributed by atoms with Crippen molar-refractivity contribution in [2.24, 2.45) is 11.1 Å². The summed E-state index contributed by atoms with van der Waals surface area (Å²) in [6.45, 7) is 6.36. The zero-order chi connectivity index (χ0) is 9.19. The molecule has 12 heavy (non-hydrogen) atoms. The van der Waals surface area contributed by atoms with Crippen LogP contribution >= 0.6 is 0 Å². The van der Waals surface area contributed by atoms with Crippen LogP contribution in [0, 0.1) is 5.41 Å². The molecule has 1 aliphatic carbocycles. The molecule has 0 saturated carbocycles. The number of hydrogen-bond acceptors (Lipinski definition) is 1. The van der Waals surface area contributed by atoms with E-state index >= 15 is 0 Å². The minimum atomic E-state index is 0.125. The Hall–Kier alpha value is -0.820. The average molecular weight is 163 g/mol. The van der Waals surface area contributed by atoms with Gasteiger partial charge >= 0.3 is 0 Å². The average Bonchev–Trinajstić information content (AvgIpc) is 2.10. The lowest BCUT2D eigenvalue weighted by Gasteiger charge is -2.12. The van der Waals surface area contributed by atoms with Gasteiger partial charge in [-0.1, -0.05) is 44.2 Å². The molecule has 0 aromatic rings. The molecule has 0 radical (unpaired) electrons. The molecular formula is C11H17N. The third kappa shape index (κ3) is 2.35. The summed E-state index contributed by atoms with van der Waals surface area (Å²) in [5.41, 5.74) is 7.12. The van der Waals surface area contributed by atoms with Crippen LogP contribution in [0.3, 0.4) is 0 Å². The van der Waals surface area contributed by atoms with Gasteiger partial charge < -0.3 is 5.73 Å². The Bertz CT molecular complexity index is 242. The van der Waals surface area contributed by atoms with Gasteiger partial charge in [-0.3, -0.25) is 0 Å². The van der Waals surface area contributed by atoms with E-state index in [-0.39, 0.29) is 11.5 Å². The number of rotatable bonds is 1. The normalized spacial score (nSPS) is 23.2. The number of allylic oxidation sites excluding steroid dienone is 4. The quantitative estimate of drug-likeness (QED) is 0.631. The SMILES string of the molecule is CC(N)C1=CC=CC(C)(C)C=C1. The first-order valence-electron chi connectivity index (χ1n) is 4.35. The van der Waals surface area contributed by atoms with Crippen LogP contribution in [0.5, 0.6) is 0 Å². The van der Waals surface area contributed by atoms with Crippen molar-refractivity contribution in [3.8, 4) is 0 Å². The zero-order valence-corrected chi connectivity index (χ0v) is 8.04. The van der Waals surface area contributed by atoms with E-state index in [4.69, 9.17) is 5.73 Å². The molecule has 1 aliphatic rings. The Labute approximate surface area is 74.7 Å². The molecule has 1 unspecified atom stereocenters. The Balaban J connectivity index is 2.86. The first-order chi connectivity index (χ1) is 5.51. The molecule has 0 aliphatic heterocycles. The van der Waals surface area contributed by atoms with Gasteiger partial charge in [0.15, 0.2) is 0 Å². The van der Waals surface area contributed by atoms with Crippen LogP contribution in [0.2, 0.25) is 0 Å². The first kappa shape index (κ1) is 9.27. The van der Waals surface area contributed by atoms with Crippen LogP contribution in [0.4, 0.5) is 0 Å². The lowest BCUT2D eigenvalue weighted by Crippen LogP contribution is -2.16. The summed E-state index contributed by atoms with van der Waals surface area (Å²) in [6.07, 6.45) is 10.6. The minimum Gasteiger partial charge on any atom is -0.324 e. The molecule has 0 bridgehead atoms. The smallest absolute Gasteiger partial charge is 0.0265 e. The van der Waals surface area contributed by atoms with Gasteiger partial charge in [0.25, 0.3) is 0 Å². The predicted molar refractivity (Wildman–Crippen MR) is 53.8 cm³/mol. The number of hydrogen-bond donors (Lipinski definition) is 1. The van der Waals surface area contributed by atoms with E-state index in [0.717, 1.165) is 0 Å². The second-order valence-electron chi connectivity index (χ2n) is 3.97. The molecule has 1 heteroatoms. The molecular weight excluding hydrogens is 146 g/mol. The Morgan fingerprint density at radius 1 is 1.33 bits per heavy atom. The van der Waals surface area contributed by atoms with Crippen molar-refractivity contribution < 1.29 is 0 Å². The maximum atomic E-state index is 5.77. The van der Waals surface area contributed by atoms with Gasteiger partial charge in [0, 0.05) is 11.5 Å². The van der Waals surface area contributed by atoms with Gasteiger partial charge in [-0.25, -0.2) is 0 Å². The molecule has 0 saturated heterocycles. The summed E-state index contributed by atoms with van der Waals surface area (Å²) >= 11 is 0. The highest BCUT2D eigenvalue weighted by molar-refractivity contribution is 5.33. The maximum Gasteiger partial charge on any atom is 0.0265 e. The van der Waals surface area contributed by atoms with E-state index in [9.17, 15) is 0 Å². The monoisotopic (exact) mass is 163 g/mol. The molecule has 0 fully saturated rings. The molecule has 2 N–H and O–H groups in total. The molecule has 0 heterocycles. The molecule has 1 atom stereocenters. The molecule has 0 aromatic heterocycles.